The number of nitrogens with zero attached hydrogens (tertiary/aromatic N) is 2. The predicted molar refractivity (Wildman–Crippen MR) is 109 cm³/mol. The van der Waals surface area contributed by atoms with Gasteiger partial charge in [-0.2, -0.15) is 0 Å². The van der Waals surface area contributed by atoms with E-state index in [1.54, 1.807) is 11.3 Å². The van der Waals surface area contributed by atoms with Gasteiger partial charge in [0.25, 0.3) is 5.91 Å². The first kappa shape index (κ1) is 17.3. The summed E-state index contributed by atoms with van der Waals surface area (Å²) >= 11 is 3.62. The summed E-state index contributed by atoms with van der Waals surface area (Å²) in [5.41, 5.74) is 2.71. The molecule has 140 valence electrons. The van der Waals surface area contributed by atoms with Crippen LogP contribution in [-0.4, -0.2) is 50.5 Å². The largest absolute Gasteiger partial charge is 0.371 e. The average molecular weight is 400 g/mol. The Kier molecular flexibility index (Phi) is 4.26. The number of benzene rings is 1. The molecule has 2 aromatic heterocycles. The first-order valence-corrected chi connectivity index (χ1v) is 11.0. The molecule has 1 atom stereocenters. The Morgan fingerprint density at radius 3 is 3.04 bits per heavy atom. The van der Waals surface area contributed by atoms with E-state index in [4.69, 9.17) is 4.74 Å². The number of aryl methyl sites for hydroxylation is 1. The number of aromatic nitrogens is 2. The number of thioether (sulfide) groups is 1. The van der Waals surface area contributed by atoms with E-state index in [9.17, 15) is 4.79 Å². The molecule has 5 nitrogen and oxygen atoms in total. The zero-order valence-corrected chi connectivity index (χ0v) is 16.7. The molecule has 2 aliphatic rings. The van der Waals surface area contributed by atoms with Crippen molar-refractivity contribution in [2.75, 3.05) is 18.8 Å². The number of para-hydroxylation sites is 1. The van der Waals surface area contributed by atoms with Crippen molar-refractivity contribution >= 4 is 39.9 Å². The number of ether oxygens (including phenoxy) is 1. The summed E-state index contributed by atoms with van der Waals surface area (Å²) in [6, 6.07) is 9.95. The topological polar surface area (TPSA) is 58.2 Å². The minimum Gasteiger partial charge on any atom is -0.371 e. The molecule has 2 saturated heterocycles. The lowest BCUT2D eigenvalue weighted by atomic mass is 9.92. The number of hydrogen-bond donors (Lipinski definition) is 1. The van der Waals surface area contributed by atoms with Gasteiger partial charge in [-0.05, 0) is 25.5 Å². The zero-order valence-electron chi connectivity index (χ0n) is 15.1. The lowest BCUT2D eigenvalue weighted by Crippen LogP contribution is -2.60. The van der Waals surface area contributed by atoms with Crippen molar-refractivity contribution in [2.45, 2.75) is 30.8 Å². The van der Waals surface area contributed by atoms with Crippen molar-refractivity contribution in [2.24, 2.45) is 0 Å². The summed E-state index contributed by atoms with van der Waals surface area (Å²) in [5.74, 6) is 1.09. The molecule has 2 aliphatic heterocycles. The van der Waals surface area contributed by atoms with Crippen LogP contribution in [0.2, 0.25) is 0 Å². The first-order chi connectivity index (χ1) is 13.1. The van der Waals surface area contributed by atoms with Crippen molar-refractivity contribution in [3.8, 4) is 0 Å². The third-order valence-electron chi connectivity index (χ3n) is 5.31. The van der Waals surface area contributed by atoms with Gasteiger partial charge in [0.2, 0.25) is 0 Å². The van der Waals surface area contributed by atoms with E-state index in [2.05, 4.69) is 15.3 Å². The monoisotopic (exact) mass is 399 g/mol. The highest BCUT2D eigenvalue weighted by atomic mass is 32.2. The summed E-state index contributed by atoms with van der Waals surface area (Å²) in [4.78, 5) is 22.4. The lowest BCUT2D eigenvalue weighted by Gasteiger charge is -2.47. The van der Waals surface area contributed by atoms with E-state index >= 15 is 0 Å². The molecule has 0 bridgehead atoms. The number of carbonyl (C=O) groups is 1. The maximum atomic E-state index is 12.8. The summed E-state index contributed by atoms with van der Waals surface area (Å²) in [6.45, 7) is 4.22. The Bertz CT molecular complexity index is 957. The molecule has 2 fully saturated rings. The number of carbonyl (C=O) groups excluding carboxylic acids is 1. The van der Waals surface area contributed by atoms with E-state index in [1.165, 1.54) is 0 Å². The van der Waals surface area contributed by atoms with Crippen molar-refractivity contribution in [1.82, 2.24) is 14.9 Å². The van der Waals surface area contributed by atoms with Gasteiger partial charge in [0.1, 0.15) is 5.69 Å². The van der Waals surface area contributed by atoms with Crippen LogP contribution in [0.3, 0.4) is 0 Å². The SMILES string of the molecule is Cc1nc(CO[C@@H]2CSC3(C2)CN(C(=O)c2cc4ccccc4[nH]2)C3)cs1. The number of aromatic amines is 1. The quantitative estimate of drug-likeness (QED) is 0.724. The molecule has 0 saturated carbocycles. The van der Waals surface area contributed by atoms with Crippen LogP contribution in [0.5, 0.6) is 0 Å². The minimum absolute atomic E-state index is 0.0970. The third kappa shape index (κ3) is 3.28. The van der Waals surface area contributed by atoms with Crippen LogP contribution >= 0.6 is 23.1 Å². The van der Waals surface area contributed by atoms with Gasteiger partial charge in [0, 0.05) is 35.1 Å². The second-order valence-electron chi connectivity index (χ2n) is 7.42. The predicted octanol–water partition coefficient (Wildman–Crippen LogP) is 3.85. The molecule has 0 unspecified atom stereocenters. The van der Waals surface area contributed by atoms with Gasteiger partial charge < -0.3 is 14.6 Å². The van der Waals surface area contributed by atoms with Crippen molar-refractivity contribution < 1.29 is 9.53 Å². The highest BCUT2D eigenvalue weighted by Gasteiger charge is 2.51. The third-order valence-corrected chi connectivity index (χ3v) is 7.71. The summed E-state index contributed by atoms with van der Waals surface area (Å²) in [7, 11) is 0. The Hall–Kier alpha value is -1.83. The molecule has 0 radical (unpaired) electrons. The Balaban J connectivity index is 1.17. The minimum atomic E-state index is 0.0970. The van der Waals surface area contributed by atoms with Gasteiger partial charge in [-0.15, -0.1) is 23.1 Å². The number of thiazole rings is 1. The molecule has 4 heterocycles. The number of rotatable bonds is 4. The maximum absolute atomic E-state index is 12.8. The van der Waals surface area contributed by atoms with Crippen molar-refractivity contribution in [3.05, 3.63) is 52.1 Å². The molecular formula is C20H21N3O2S2. The number of fused-ring (bicyclic) bond motifs is 1. The molecule has 0 aliphatic carbocycles. The average Bonchev–Trinajstić information content (AvgIpc) is 3.35. The highest BCUT2D eigenvalue weighted by molar-refractivity contribution is 8.01. The summed E-state index contributed by atoms with van der Waals surface area (Å²) in [5, 5.41) is 4.23. The Morgan fingerprint density at radius 1 is 1.41 bits per heavy atom. The van der Waals surface area contributed by atoms with Crippen LogP contribution in [0.25, 0.3) is 10.9 Å². The molecule has 1 amide bonds. The maximum Gasteiger partial charge on any atom is 0.270 e. The van der Waals surface area contributed by atoms with Crippen LogP contribution < -0.4 is 0 Å². The fourth-order valence-corrected chi connectivity index (χ4v) is 6.11. The second-order valence-corrected chi connectivity index (χ2v) is 9.97. The van der Waals surface area contributed by atoms with Gasteiger partial charge in [-0.3, -0.25) is 4.79 Å². The van der Waals surface area contributed by atoms with Crippen LogP contribution in [0.15, 0.2) is 35.7 Å². The van der Waals surface area contributed by atoms with E-state index < -0.39 is 0 Å². The van der Waals surface area contributed by atoms with Gasteiger partial charge >= 0.3 is 0 Å². The normalized spacial score (nSPS) is 21.1. The molecule has 1 aromatic carbocycles. The number of likely N-dealkylation sites (tertiary alicyclic amines) is 1. The van der Waals surface area contributed by atoms with E-state index in [-0.39, 0.29) is 16.8 Å². The van der Waals surface area contributed by atoms with Crippen molar-refractivity contribution in [3.63, 3.8) is 0 Å². The fraction of sp³-hybridized carbons (Fsp3) is 0.400. The number of H-pyrrole nitrogens is 1. The molecule has 3 aromatic rings. The standard InChI is InChI=1S/C20H21N3O2S2/c1-13-21-15(9-26-13)8-25-16-7-20(27-10-16)11-23(12-20)19(24)18-6-14-4-2-3-5-17(14)22-18/h2-6,9,16,22H,7-8,10-12H2,1H3/t16-/m0/s1. The van der Waals surface area contributed by atoms with Crippen LogP contribution in [-0.2, 0) is 11.3 Å². The number of nitrogens with one attached hydrogen (secondary N) is 1. The molecule has 5 rings (SSSR count). The smallest absolute Gasteiger partial charge is 0.270 e. The van der Waals surface area contributed by atoms with Gasteiger partial charge in [-0.1, -0.05) is 18.2 Å². The Morgan fingerprint density at radius 2 is 2.26 bits per heavy atom. The summed E-state index contributed by atoms with van der Waals surface area (Å²) < 4.78 is 6.24. The van der Waals surface area contributed by atoms with Gasteiger partial charge in [0.15, 0.2) is 0 Å². The second kappa shape index (κ2) is 6.65. The Labute approximate surface area is 166 Å². The zero-order chi connectivity index (χ0) is 18.4. The summed E-state index contributed by atoms with van der Waals surface area (Å²) in [6.07, 6.45) is 1.26. The molecule has 1 spiro atoms. The molecular weight excluding hydrogens is 378 g/mol. The van der Waals surface area contributed by atoms with Crippen LogP contribution in [0.1, 0.15) is 27.6 Å². The number of amides is 1. The van der Waals surface area contributed by atoms with E-state index in [0.717, 1.165) is 46.9 Å². The fourth-order valence-electron chi connectivity index (χ4n) is 3.96. The van der Waals surface area contributed by atoms with Crippen molar-refractivity contribution in [1.29, 1.82) is 0 Å². The molecule has 7 heteroatoms. The van der Waals surface area contributed by atoms with E-state index in [1.807, 2.05) is 53.9 Å². The lowest BCUT2D eigenvalue weighted by molar-refractivity contribution is 0.0244. The molecule has 27 heavy (non-hydrogen) atoms. The van der Waals surface area contributed by atoms with Gasteiger partial charge in [0.05, 0.1) is 28.2 Å². The van der Waals surface area contributed by atoms with Gasteiger partial charge in [-0.25, -0.2) is 4.98 Å². The van der Waals surface area contributed by atoms with Crippen LogP contribution in [0, 0.1) is 6.92 Å². The first-order valence-electron chi connectivity index (χ1n) is 9.14. The number of hydrogen-bond acceptors (Lipinski definition) is 5. The van der Waals surface area contributed by atoms with Crippen LogP contribution in [0.4, 0.5) is 0 Å². The highest BCUT2D eigenvalue weighted by Crippen LogP contribution is 2.46. The van der Waals surface area contributed by atoms with E-state index in [0.29, 0.717) is 12.3 Å². The molecule has 1 N–H and O–H groups in total.